The molecule has 2 N–H and O–H groups in total. The normalized spacial score (nSPS) is 16.2. The Morgan fingerprint density at radius 1 is 1.25 bits per heavy atom. The summed E-state index contributed by atoms with van der Waals surface area (Å²) in [6.45, 7) is 0. The summed E-state index contributed by atoms with van der Waals surface area (Å²) in [7, 11) is 0. The van der Waals surface area contributed by atoms with Crippen LogP contribution < -0.4 is 5.32 Å². The molecule has 2 aromatic rings. The number of aromatic amines is 1. The second-order valence-electron chi connectivity index (χ2n) is 3.54. The first-order valence-corrected chi connectivity index (χ1v) is 4.96. The minimum Gasteiger partial charge on any atom is -0.362 e. The van der Waals surface area contributed by atoms with Crippen LogP contribution in [0.3, 0.4) is 0 Å². The molecule has 3 rings (SSSR count). The van der Waals surface area contributed by atoms with Crippen molar-refractivity contribution in [3.8, 4) is 0 Å². The predicted molar refractivity (Wildman–Crippen MR) is 61.5 cm³/mol. The highest BCUT2D eigenvalue weighted by atomic mass is 16.2. The van der Waals surface area contributed by atoms with Gasteiger partial charge in [0, 0.05) is 23.7 Å². The van der Waals surface area contributed by atoms with Gasteiger partial charge in [-0.05, 0) is 30.3 Å². The SMILES string of the molecule is O=C1Nc2ncccc2C1=Cc1ccc[nH]1. The van der Waals surface area contributed by atoms with Crippen molar-refractivity contribution in [2.24, 2.45) is 0 Å². The number of rotatable bonds is 1. The minimum absolute atomic E-state index is 0.108. The van der Waals surface area contributed by atoms with Crippen molar-refractivity contribution < 1.29 is 4.79 Å². The summed E-state index contributed by atoms with van der Waals surface area (Å²) >= 11 is 0. The van der Waals surface area contributed by atoms with E-state index in [9.17, 15) is 4.79 Å². The van der Waals surface area contributed by atoms with Gasteiger partial charge < -0.3 is 10.3 Å². The first kappa shape index (κ1) is 8.91. The van der Waals surface area contributed by atoms with E-state index in [1.165, 1.54) is 0 Å². The first-order valence-electron chi connectivity index (χ1n) is 4.96. The summed E-state index contributed by atoms with van der Waals surface area (Å²) in [4.78, 5) is 18.9. The Hall–Kier alpha value is -2.36. The molecule has 0 spiro atoms. The van der Waals surface area contributed by atoms with E-state index in [2.05, 4.69) is 15.3 Å². The maximum absolute atomic E-state index is 11.7. The summed E-state index contributed by atoms with van der Waals surface area (Å²) in [6, 6.07) is 7.51. The second kappa shape index (κ2) is 3.34. The van der Waals surface area contributed by atoms with Crippen molar-refractivity contribution in [3.05, 3.63) is 47.9 Å². The van der Waals surface area contributed by atoms with Gasteiger partial charge in [-0.1, -0.05) is 0 Å². The summed E-state index contributed by atoms with van der Waals surface area (Å²) in [5, 5.41) is 2.73. The van der Waals surface area contributed by atoms with E-state index < -0.39 is 0 Å². The zero-order valence-electron chi connectivity index (χ0n) is 8.40. The van der Waals surface area contributed by atoms with Crippen molar-refractivity contribution in [2.45, 2.75) is 0 Å². The number of carbonyl (C=O) groups excluding carboxylic acids is 1. The maximum atomic E-state index is 11.7. The van der Waals surface area contributed by atoms with Crippen molar-refractivity contribution in [3.63, 3.8) is 0 Å². The van der Waals surface area contributed by atoms with E-state index in [1.807, 2.05) is 36.5 Å². The van der Waals surface area contributed by atoms with Crippen LogP contribution in [0.1, 0.15) is 11.3 Å². The van der Waals surface area contributed by atoms with Crippen LogP contribution in [0, 0.1) is 0 Å². The lowest BCUT2D eigenvalue weighted by molar-refractivity contribution is -0.110. The van der Waals surface area contributed by atoms with Crippen LogP contribution in [0.15, 0.2) is 36.7 Å². The predicted octanol–water partition coefficient (Wildman–Crippen LogP) is 1.90. The smallest absolute Gasteiger partial charge is 0.257 e. The average Bonchev–Trinajstić information content (AvgIpc) is 2.89. The molecule has 0 saturated heterocycles. The highest BCUT2D eigenvalue weighted by Gasteiger charge is 2.24. The second-order valence-corrected chi connectivity index (χ2v) is 3.54. The molecule has 4 nitrogen and oxygen atoms in total. The van der Waals surface area contributed by atoms with Crippen LogP contribution in [0.5, 0.6) is 0 Å². The molecular formula is C12H9N3O. The van der Waals surface area contributed by atoms with Crippen molar-refractivity contribution in [1.29, 1.82) is 0 Å². The van der Waals surface area contributed by atoms with Crippen LogP contribution >= 0.6 is 0 Å². The summed E-state index contributed by atoms with van der Waals surface area (Å²) < 4.78 is 0. The zero-order chi connectivity index (χ0) is 11.0. The van der Waals surface area contributed by atoms with Crippen LogP contribution in [0.2, 0.25) is 0 Å². The van der Waals surface area contributed by atoms with Crippen LogP contribution in [-0.4, -0.2) is 15.9 Å². The quantitative estimate of drug-likeness (QED) is 0.708. The number of anilines is 1. The zero-order valence-corrected chi connectivity index (χ0v) is 8.40. The van der Waals surface area contributed by atoms with E-state index in [0.29, 0.717) is 11.4 Å². The van der Waals surface area contributed by atoms with Gasteiger partial charge in [0.1, 0.15) is 5.82 Å². The Labute approximate surface area is 92.0 Å². The molecule has 0 bridgehead atoms. The van der Waals surface area contributed by atoms with Gasteiger partial charge in [-0.15, -0.1) is 0 Å². The van der Waals surface area contributed by atoms with E-state index in [-0.39, 0.29) is 5.91 Å². The lowest BCUT2D eigenvalue weighted by atomic mass is 10.1. The molecule has 0 atom stereocenters. The molecule has 0 unspecified atom stereocenters. The number of nitrogens with one attached hydrogen (secondary N) is 2. The molecule has 3 heterocycles. The summed E-state index contributed by atoms with van der Waals surface area (Å²) in [6.07, 6.45) is 5.31. The summed E-state index contributed by atoms with van der Waals surface area (Å²) in [5.41, 5.74) is 2.40. The number of carbonyl (C=O) groups is 1. The minimum atomic E-state index is -0.108. The van der Waals surface area contributed by atoms with E-state index in [4.69, 9.17) is 0 Å². The van der Waals surface area contributed by atoms with E-state index in [1.54, 1.807) is 6.20 Å². The van der Waals surface area contributed by atoms with Crippen LogP contribution in [-0.2, 0) is 4.79 Å². The number of amides is 1. The number of hydrogen-bond acceptors (Lipinski definition) is 2. The molecular weight excluding hydrogens is 202 g/mol. The number of fused-ring (bicyclic) bond motifs is 1. The van der Waals surface area contributed by atoms with Gasteiger partial charge in [0.05, 0.1) is 5.57 Å². The van der Waals surface area contributed by atoms with Crippen molar-refractivity contribution in [2.75, 3.05) is 5.32 Å². The third-order valence-corrected chi connectivity index (χ3v) is 2.50. The van der Waals surface area contributed by atoms with Crippen LogP contribution in [0.4, 0.5) is 5.82 Å². The Bertz CT molecular complexity index is 570. The lowest BCUT2D eigenvalue weighted by Crippen LogP contribution is -2.04. The topological polar surface area (TPSA) is 57.8 Å². The van der Waals surface area contributed by atoms with Gasteiger partial charge in [-0.25, -0.2) is 4.98 Å². The highest BCUT2D eigenvalue weighted by molar-refractivity contribution is 6.34. The third-order valence-electron chi connectivity index (χ3n) is 2.50. The van der Waals surface area contributed by atoms with Gasteiger partial charge in [0.2, 0.25) is 0 Å². The van der Waals surface area contributed by atoms with Gasteiger partial charge in [-0.3, -0.25) is 4.79 Å². The van der Waals surface area contributed by atoms with Crippen molar-refractivity contribution >= 4 is 23.4 Å². The Morgan fingerprint density at radius 3 is 3.00 bits per heavy atom. The maximum Gasteiger partial charge on any atom is 0.257 e. The molecule has 78 valence electrons. The largest absolute Gasteiger partial charge is 0.362 e. The molecule has 4 heteroatoms. The van der Waals surface area contributed by atoms with E-state index >= 15 is 0 Å². The Kier molecular flexibility index (Phi) is 1.86. The number of aromatic nitrogens is 2. The van der Waals surface area contributed by atoms with E-state index in [0.717, 1.165) is 11.3 Å². The van der Waals surface area contributed by atoms with Gasteiger partial charge in [0.25, 0.3) is 5.91 Å². The number of nitrogens with zero attached hydrogens (tertiary/aromatic N) is 1. The Morgan fingerprint density at radius 2 is 2.19 bits per heavy atom. The molecule has 1 aliphatic heterocycles. The lowest BCUT2D eigenvalue weighted by Gasteiger charge is -1.95. The number of hydrogen-bond donors (Lipinski definition) is 2. The molecule has 1 amide bonds. The van der Waals surface area contributed by atoms with Gasteiger partial charge in [0.15, 0.2) is 0 Å². The fourth-order valence-electron chi connectivity index (χ4n) is 1.75. The number of H-pyrrole nitrogens is 1. The fraction of sp³-hybridized carbons (Fsp3) is 0. The first-order chi connectivity index (χ1) is 7.84. The monoisotopic (exact) mass is 211 g/mol. The molecule has 0 aliphatic carbocycles. The highest BCUT2D eigenvalue weighted by Crippen LogP contribution is 2.30. The molecule has 1 aliphatic rings. The van der Waals surface area contributed by atoms with Gasteiger partial charge in [-0.2, -0.15) is 0 Å². The number of pyridine rings is 1. The average molecular weight is 211 g/mol. The molecule has 0 saturated carbocycles. The van der Waals surface area contributed by atoms with Gasteiger partial charge >= 0.3 is 0 Å². The Balaban J connectivity index is 2.12. The fourth-order valence-corrected chi connectivity index (χ4v) is 1.75. The molecule has 0 radical (unpaired) electrons. The third kappa shape index (κ3) is 1.32. The summed E-state index contributed by atoms with van der Waals surface area (Å²) in [5.74, 6) is 0.522. The molecule has 2 aromatic heterocycles. The van der Waals surface area contributed by atoms with Crippen molar-refractivity contribution in [1.82, 2.24) is 9.97 Å². The molecule has 0 fully saturated rings. The standard InChI is InChI=1S/C12H9N3O/c16-12-10(7-8-3-1-5-13-8)9-4-2-6-14-11(9)15-12/h1-7,13H,(H,14,15,16). The molecule has 16 heavy (non-hydrogen) atoms. The van der Waals surface area contributed by atoms with Crippen LogP contribution in [0.25, 0.3) is 11.6 Å². The molecule has 0 aromatic carbocycles.